The average Bonchev–Trinajstić information content (AvgIpc) is 3.16. The summed E-state index contributed by atoms with van der Waals surface area (Å²) < 4.78 is -0.411. The lowest BCUT2D eigenvalue weighted by Crippen LogP contribution is -2.43. The van der Waals surface area contributed by atoms with Crippen molar-refractivity contribution in [2.24, 2.45) is 21.3 Å². The second kappa shape index (κ2) is 7.21. The lowest BCUT2D eigenvalue weighted by Gasteiger charge is -2.27. The van der Waals surface area contributed by atoms with Crippen LogP contribution < -0.4 is 10.3 Å². The van der Waals surface area contributed by atoms with Crippen LogP contribution in [-0.4, -0.2) is 16.7 Å². The molecule has 0 aliphatic carbocycles. The zero-order valence-corrected chi connectivity index (χ0v) is 15.3. The molecule has 3 aromatic rings. The van der Waals surface area contributed by atoms with Gasteiger partial charge in [-0.1, -0.05) is 52.2 Å². The van der Waals surface area contributed by atoms with Gasteiger partial charge >= 0.3 is 5.69 Å². The maximum absolute atomic E-state index is 11.8. The Bertz CT molecular complexity index is 1180. The number of nitro benzene ring substituents is 1. The van der Waals surface area contributed by atoms with Crippen molar-refractivity contribution in [1.82, 2.24) is 4.59 Å². The minimum absolute atomic E-state index is 0.0231. The molecule has 3 aromatic carbocycles. The third-order valence-corrected chi connectivity index (χ3v) is 4.85. The zero-order valence-electron chi connectivity index (χ0n) is 15.3. The highest BCUT2D eigenvalue weighted by molar-refractivity contribution is 6.07. The molecule has 4 rings (SSSR count). The van der Waals surface area contributed by atoms with E-state index in [1.807, 2.05) is 42.5 Å². The Morgan fingerprint density at radius 2 is 1.69 bits per heavy atom. The van der Waals surface area contributed by atoms with Crippen LogP contribution >= 0.6 is 0 Å². The van der Waals surface area contributed by atoms with Gasteiger partial charge in [-0.25, -0.2) is 0 Å². The molecule has 1 heterocycles. The first kappa shape index (κ1) is 18.4. The quantitative estimate of drug-likeness (QED) is 0.383. The summed E-state index contributed by atoms with van der Waals surface area (Å²) in [7, 11) is 0. The molecule has 2 N–H and O–H groups in total. The number of nitrogens with two attached hydrogens (primary N) is 1. The zero-order chi connectivity index (χ0) is 20.4. The molecule has 1 aliphatic heterocycles. The van der Waals surface area contributed by atoms with Crippen molar-refractivity contribution in [1.29, 1.82) is 0 Å². The lowest BCUT2D eigenvalue weighted by atomic mass is 10.0. The molecule has 29 heavy (non-hydrogen) atoms. The van der Waals surface area contributed by atoms with E-state index in [9.17, 15) is 14.9 Å². The van der Waals surface area contributed by atoms with Gasteiger partial charge in [-0.2, -0.15) is 0 Å². The van der Waals surface area contributed by atoms with Crippen LogP contribution in [0.25, 0.3) is 10.8 Å². The van der Waals surface area contributed by atoms with Crippen molar-refractivity contribution in [2.75, 3.05) is 0 Å². The van der Waals surface area contributed by atoms with Gasteiger partial charge in [0.25, 0.3) is 11.5 Å². The summed E-state index contributed by atoms with van der Waals surface area (Å²) in [6, 6.07) is 19.6. The van der Waals surface area contributed by atoms with E-state index in [-0.39, 0.29) is 18.5 Å². The number of fused-ring (bicyclic) bond motifs is 1. The van der Waals surface area contributed by atoms with Crippen molar-refractivity contribution in [3.8, 4) is 0 Å². The molecule has 1 atom stereocenters. The number of rotatable bonds is 6. The minimum atomic E-state index is -0.502. The third-order valence-electron chi connectivity index (χ3n) is 4.85. The number of carbonyl (C=O) groups excluding carboxylic acids is 1. The number of para-hydroxylation sites is 2. The van der Waals surface area contributed by atoms with Gasteiger partial charge in [-0.15, -0.1) is 0 Å². The molecule has 0 bridgehead atoms. The van der Waals surface area contributed by atoms with E-state index >= 15 is 0 Å². The summed E-state index contributed by atoms with van der Waals surface area (Å²) in [5.41, 5.74) is 6.16. The van der Waals surface area contributed by atoms with Crippen molar-refractivity contribution in [3.05, 3.63) is 76.8 Å². The molecule has 1 unspecified atom stereocenters. The van der Waals surface area contributed by atoms with Gasteiger partial charge in [-0.05, 0) is 11.5 Å². The molecule has 1 aliphatic rings. The monoisotopic (exact) mass is 389 g/mol. The van der Waals surface area contributed by atoms with Crippen molar-refractivity contribution < 1.29 is 9.72 Å². The lowest BCUT2D eigenvalue weighted by molar-refractivity contribution is -0.384. The van der Waals surface area contributed by atoms with Crippen LogP contribution in [0.5, 0.6) is 0 Å². The Hall–Kier alpha value is -3.98. The number of carbonyl (C=O) groups is 1. The first-order chi connectivity index (χ1) is 14.0. The molecule has 0 radical (unpaired) electrons. The smallest absolute Gasteiger partial charge is 0.332 e. The van der Waals surface area contributed by atoms with Crippen LogP contribution in [0.4, 0.5) is 17.1 Å². The number of hydrogen-bond acceptors (Lipinski definition) is 6. The van der Waals surface area contributed by atoms with E-state index in [1.54, 1.807) is 18.2 Å². The normalized spacial score (nSPS) is 18.0. The van der Waals surface area contributed by atoms with Gasteiger partial charge in [0.15, 0.2) is 5.69 Å². The van der Waals surface area contributed by atoms with Crippen LogP contribution in [0.15, 0.2) is 82.3 Å². The molecule has 1 amide bonds. The van der Waals surface area contributed by atoms with Gasteiger partial charge in [0.2, 0.25) is 5.91 Å². The number of amides is 1. The Kier molecular flexibility index (Phi) is 4.57. The Labute approximate surface area is 165 Å². The van der Waals surface area contributed by atoms with E-state index in [4.69, 9.17) is 5.73 Å². The third kappa shape index (κ3) is 3.03. The van der Waals surface area contributed by atoms with Crippen LogP contribution in [0.2, 0.25) is 0 Å². The number of quaternary nitrogens is 1. The molecule has 9 heteroatoms. The van der Waals surface area contributed by atoms with E-state index in [0.29, 0.717) is 17.2 Å². The number of primary amides is 1. The Morgan fingerprint density at radius 1 is 1.00 bits per heavy atom. The standard InChI is InChI=1S/C20H16N6O3/c21-19(27)12-13-20-22-23-24-26(20,18-10-4-3-9-16(18)25(28)29)17-11-5-7-14-6-1-2-8-15(14)17/h1-11H,12-13H2,(H-,21,27)/p+1. The Morgan fingerprint density at radius 3 is 2.48 bits per heavy atom. The molecule has 144 valence electrons. The van der Waals surface area contributed by atoms with E-state index in [0.717, 1.165) is 10.8 Å². The molecule has 9 nitrogen and oxygen atoms in total. The molecular weight excluding hydrogens is 372 g/mol. The molecular formula is C20H17N6O3+. The highest BCUT2D eigenvalue weighted by Crippen LogP contribution is 2.47. The summed E-state index contributed by atoms with van der Waals surface area (Å²) in [5, 5.41) is 26.0. The maximum Gasteiger partial charge on any atom is 0.332 e. The van der Waals surface area contributed by atoms with Gasteiger partial charge in [-0.3, -0.25) is 14.9 Å². The van der Waals surface area contributed by atoms with Crippen LogP contribution in [0.3, 0.4) is 0 Å². The number of nitrogens with zero attached hydrogens (tertiary/aromatic N) is 5. The number of amidine groups is 1. The predicted molar refractivity (Wildman–Crippen MR) is 109 cm³/mol. The summed E-state index contributed by atoms with van der Waals surface area (Å²) in [6.45, 7) is 0. The van der Waals surface area contributed by atoms with E-state index < -0.39 is 15.4 Å². The fourth-order valence-electron chi connectivity index (χ4n) is 3.58. The molecule has 0 spiro atoms. The molecule has 0 saturated heterocycles. The summed E-state index contributed by atoms with van der Waals surface area (Å²) in [6.07, 6.45) is 0.187. The number of nitro groups is 1. The second-order valence-electron chi connectivity index (χ2n) is 6.54. The van der Waals surface area contributed by atoms with Gasteiger partial charge in [0, 0.05) is 35.2 Å². The molecule has 0 saturated carbocycles. The van der Waals surface area contributed by atoms with Crippen LogP contribution in [0.1, 0.15) is 12.8 Å². The van der Waals surface area contributed by atoms with Gasteiger partial charge in [0.05, 0.1) is 16.6 Å². The summed E-state index contributed by atoms with van der Waals surface area (Å²) >= 11 is 0. The van der Waals surface area contributed by atoms with Crippen molar-refractivity contribution >= 4 is 39.6 Å². The molecule has 0 fully saturated rings. The predicted octanol–water partition coefficient (Wildman–Crippen LogP) is 4.35. The average molecular weight is 389 g/mol. The van der Waals surface area contributed by atoms with E-state index in [2.05, 4.69) is 15.5 Å². The SMILES string of the molecule is NC(=O)CCC1=NN=N[N+]1(c1ccccc1[N+](=O)[O-])c1cccc2ccccc12. The fraction of sp³-hybridized carbons (Fsp3) is 0.100. The molecule has 0 aromatic heterocycles. The van der Waals surface area contributed by atoms with Crippen LogP contribution in [0, 0.1) is 10.1 Å². The highest BCUT2D eigenvalue weighted by Gasteiger charge is 2.50. The second-order valence-corrected chi connectivity index (χ2v) is 6.54. The summed E-state index contributed by atoms with van der Waals surface area (Å²) in [5.74, 6) is -0.118. The number of benzene rings is 3. The highest BCUT2D eigenvalue weighted by atomic mass is 16.6. The fourth-order valence-corrected chi connectivity index (χ4v) is 3.58. The van der Waals surface area contributed by atoms with Crippen molar-refractivity contribution in [2.45, 2.75) is 12.8 Å². The summed E-state index contributed by atoms with van der Waals surface area (Å²) in [4.78, 5) is 22.8. The minimum Gasteiger partial charge on any atom is -0.370 e. The van der Waals surface area contributed by atoms with Crippen molar-refractivity contribution in [3.63, 3.8) is 0 Å². The largest absolute Gasteiger partial charge is 0.370 e. The van der Waals surface area contributed by atoms with Crippen LogP contribution in [-0.2, 0) is 4.79 Å². The Balaban J connectivity index is 2.04. The van der Waals surface area contributed by atoms with E-state index in [1.165, 1.54) is 6.07 Å². The topological polar surface area (TPSA) is 123 Å². The first-order valence-electron chi connectivity index (χ1n) is 8.93. The van der Waals surface area contributed by atoms with Gasteiger partial charge in [0.1, 0.15) is 0 Å². The van der Waals surface area contributed by atoms with Gasteiger partial charge < -0.3 is 5.73 Å². The number of hydrogen-bond donors (Lipinski definition) is 1. The first-order valence-corrected chi connectivity index (χ1v) is 8.93. The maximum atomic E-state index is 11.8.